The molecule has 3 atom stereocenters. The highest BCUT2D eigenvalue weighted by atomic mass is 35.5. The van der Waals surface area contributed by atoms with Gasteiger partial charge in [0.05, 0.1) is 17.1 Å². The van der Waals surface area contributed by atoms with Gasteiger partial charge in [0.15, 0.2) is 5.72 Å². The van der Waals surface area contributed by atoms with Gasteiger partial charge in [0.25, 0.3) is 11.6 Å². The van der Waals surface area contributed by atoms with Gasteiger partial charge in [-0.25, -0.2) is 0 Å². The highest BCUT2D eigenvalue weighted by Crippen LogP contribution is 2.47. The Kier molecular flexibility index (Phi) is 6.15. The molecule has 7 nitrogen and oxygen atoms in total. The highest BCUT2D eigenvalue weighted by molar-refractivity contribution is 6.30. The summed E-state index contributed by atoms with van der Waals surface area (Å²) in [6.07, 6.45) is 3.83. The summed E-state index contributed by atoms with van der Waals surface area (Å²) in [5.41, 5.74) is 1.45. The molecule has 1 amide bonds. The fourth-order valence-electron chi connectivity index (χ4n) is 4.77. The SMILES string of the molecule is O=C1c2ccccc2C(O[C@@H]2C=C[C@@H](O)CC2)(c2ccc(Cl)cc2)N1Cc1ccc([N+](=O)[O-])cc1. The number of nitro benzene ring substituents is 1. The summed E-state index contributed by atoms with van der Waals surface area (Å²) in [4.78, 5) is 26.1. The number of aliphatic hydroxyl groups excluding tert-OH is 1. The standard InChI is InChI=1S/C27H23ClN2O5/c28-20-9-7-19(8-10-20)27(35-23-15-13-22(31)14-16-23)25-4-2-1-3-24(25)26(32)29(27)17-18-5-11-21(12-6-18)30(33)34/h1-13,15,22-23,31H,14,16-17H2/t22-,23-,27?/m1/s1. The van der Waals surface area contributed by atoms with E-state index in [0.717, 1.165) is 11.1 Å². The number of aliphatic hydroxyl groups is 1. The van der Waals surface area contributed by atoms with Crippen molar-refractivity contribution in [3.05, 3.63) is 122 Å². The molecular formula is C27H23ClN2O5. The molecule has 2 aliphatic rings. The lowest BCUT2D eigenvalue weighted by Gasteiger charge is -2.42. The minimum atomic E-state index is -1.25. The van der Waals surface area contributed by atoms with Crippen LogP contribution < -0.4 is 0 Å². The van der Waals surface area contributed by atoms with Crippen LogP contribution in [0.3, 0.4) is 0 Å². The van der Waals surface area contributed by atoms with Crippen molar-refractivity contribution >= 4 is 23.2 Å². The fraction of sp³-hybridized carbons (Fsp3) is 0.222. The Morgan fingerprint density at radius 3 is 2.40 bits per heavy atom. The zero-order chi connectivity index (χ0) is 24.6. The van der Waals surface area contributed by atoms with E-state index in [9.17, 15) is 20.0 Å². The first kappa shape index (κ1) is 23.2. The van der Waals surface area contributed by atoms with Crippen molar-refractivity contribution in [1.82, 2.24) is 4.90 Å². The second-order valence-corrected chi connectivity index (χ2v) is 9.13. The summed E-state index contributed by atoms with van der Waals surface area (Å²) in [5, 5.41) is 21.6. The predicted molar refractivity (Wildman–Crippen MR) is 131 cm³/mol. The van der Waals surface area contributed by atoms with E-state index in [1.807, 2.05) is 36.4 Å². The number of rotatable bonds is 6. The second kappa shape index (κ2) is 9.26. The number of nitro groups is 1. The van der Waals surface area contributed by atoms with Gasteiger partial charge in [0.1, 0.15) is 0 Å². The van der Waals surface area contributed by atoms with Gasteiger partial charge in [-0.05, 0) is 36.6 Å². The Labute approximate surface area is 207 Å². The average Bonchev–Trinajstić information content (AvgIpc) is 3.10. The molecule has 0 bridgehead atoms. The van der Waals surface area contributed by atoms with Crippen molar-refractivity contribution in [3.8, 4) is 0 Å². The Balaban J connectivity index is 1.65. The highest BCUT2D eigenvalue weighted by Gasteiger charge is 2.53. The number of non-ortho nitro benzene ring substituents is 1. The molecule has 1 aliphatic carbocycles. The molecule has 0 saturated heterocycles. The van der Waals surface area contributed by atoms with Gasteiger partial charge in [-0.3, -0.25) is 19.8 Å². The molecule has 1 unspecified atom stereocenters. The third-order valence-corrected chi connectivity index (χ3v) is 6.74. The molecule has 178 valence electrons. The van der Waals surface area contributed by atoms with E-state index in [1.54, 1.807) is 41.3 Å². The van der Waals surface area contributed by atoms with Crippen LogP contribution >= 0.6 is 11.6 Å². The van der Waals surface area contributed by atoms with Crippen molar-refractivity contribution in [2.24, 2.45) is 0 Å². The molecule has 0 radical (unpaired) electrons. The van der Waals surface area contributed by atoms with Crippen LogP contribution in [0.15, 0.2) is 84.9 Å². The average molecular weight is 491 g/mol. The number of hydrogen-bond acceptors (Lipinski definition) is 5. The van der Waals surface area contributed by atoms with Crippen LogP contribution in [0.25, 0.3) is 0 Å². The molecule has 5 rings (SSSR count). The predicted octanol–water partition coefficient (Wildman–Crippen LogP) is 5.20. The molecule has 0 aromatic heterocycles. The van der Waals surface area contributed by atoms with E-state index in [-0.39, 0.29) is 24.2 Å². The number of nitrogens with zero attached hydrogens (tertiary/aromatic N) is 2. The molecule has 0 fully saturated rings. The molecule has 1 N–H and O–H groups in total. The first-order valence-corrected chi connectivity index (χ1v) is 11.7. The Morgan fingerprint density at radius 1 is 1.03 bits per heavy atom. The second-order valence-electron chi connectivity index (χ2n) is 8.70. The largest absolute Gasteiger partial charge is 0.389 e. The van der Waals surface area contributed by atoms with E-state index >= 15 is 0 Å². The maximum Gasteiger partial charge on any atom is 0.269 e. The van der Waals surface area contributed by atoms with E-state index < -0.39 is 16.8 Å². The molecule has 1 heterocycles. The van der Waals surface area contributed by atoms with Crippen LogP contribution in [-0.4, -0.2) is 33.0 Å². The molecule has 0 saturated carbocycles. The van der Waals surface area contributed by atoms with Crippen LogP contribution in [0.2, 0.25) is 5.02 Å². The number of carbonyl (C=O) groups is 1. The Morgan fingerprint density at radius 2 is 1.74 bits per heavy atom. The van der Waals surface area contributed by atoms with Crippen LogP contribution in [0.4, 0.5) is 5.69 Å². The van der Waals surface area contributed by atoms with Crippen molar-refractivity contribution in [1.29, 1.82) is 0 Å². The van der Waals surface area contributed by atoms with E-state index in [1.165, 1.54) is 12.1 Å². The summed E-state index contributed by atoms with van der Waals surface area (Å²) < 4.78 is 6.81. The molecule has 3 aromatic rings. The number of benzene rings is 3. The molecule has 0 spiro atoms. The van der Waals surface area contributed by atoms with Gasteiger partial charge in [-0.1, -0.05) is 66.2 Å². The maximum atomic E-state index is 13.8. The van der Waals surface area contributed by atoms with Gasteiger partial charge in [0, 0.05) is 40.4 Å². The van der Waals surface area contributed by atoms with Crippen molar-refractivity contribution in [2.75, 3.05) is 0 Å². The van der Waals surface area contributed by atoms with Gasteiger partial charge in [-0.15, -0.1) is 0 Å². The lowest BCUT2D eigenvalue weighted by Crippen LogP contribution is -2.48. The van der Waals surface area contributed by atoms with Crippen LogP contribution in [0.5, 0.6) is 0 Å². The zero-order valence-corrected chi connectivity index (χ0v) is 19.5. The topological polar surface area (TPSA) is 92.9 Å². The van der Waals surface area contributed by atoms with Gasteiger partial charge in [-0.2, -0.15) is 0 Å². The normalized spacial score (nSPS) is 23.4. The number of fused-ring (bicyclic) bond motifs is 1. The summed E-state index contributed by atoms with van der Waals surface area (Å²) in [5.74, 6) is -0.200. The van der Waals surface area contributed by atoms with Crippen molar-refractivity contribution in [2.45, 2.75) is 37.3 Å². The minimum Gasteiger partial charge on any atom is -0.389 e. The summed E-state index contributed by atoms with van der Waals surface area (Å²) in [6.45, 7) is 0.174. The lowest BCUT2D eigenvalue weighted by atomic mass is 9.92. The number of hydrogen-bond donors (Lipinski definition) is 1. The third-order valence-electron chi connectivity index (χ3n) is 6.49. The quantitative estimate of drug-likeness (QED) is 0.291. The smallest absolute Gasteiger partial charge is 0.269 e. The van der Waals surface area contributed by atoms with Crippen molar-refractivity contribution < 1.29 is 19.6 Å². The van der Waals surface area contributed by atoms with Gasteiger partial charge < -0.3 is 9.84 Å². The molecule has 1 aliphatic heterocycles. The summed E-state index contributed by atoms with van der Waals surface area (Å²) in [6, 6.07) is 20.7. The summed E-state index contributed by atoms with van der Waals surface area (Å²) in [7, 11) is 0. The number of amides is 1. The maximum absolute atomic E-state index is 13.8. The Bertz CT molecular complexity index is 1290. The lowest BCUT2D eigenvalue weighted by molar-refractivity contribution is -0.384. The van der Waals surface area contributed by atoms with E-state index in [0.29, 0.717) is 29.0 Å². The molecule has 3 aromatic carbocycles. The van der Waals surface area contributed by atoms with E-state index in [4.69, 9.17) is 16.3 Å². The molecular weight excluding hydrogens is 468 g/mol. The van der Waals surface area contributed by atoms with Crippen LogP contribution in [-0.2, 0) is 17.0 Å². The number of carbonyl (C=O) groups excluding carboxylic acids is 1. The molecule has 8 heteroatoms. The first-order valence-electron chi connectivity index (χ1n) is 11.3. The van der Waals surface area contributed by atoms with E-state index in [2.05, 4.69) is 0 Å². The van der Waals surface area contributed by atoms with Gasteiger partial charge >= 0.3 is 0 Å². The minimum absolute atomic E-state index is 0.0177. The summed E-state index contributed by atoms with van der Waals surface area (Å²) >= 11 is 6.19. The monoisotopic (exact) mass is 490 g/mol. The number of halogens is 1. The molecule has 35 heavy (non-hydrogen) atoms. The van der Waals surface area contributed by atoms with Crippen LogP contribution in [0.1, 0.15) is 39.9 Å². The van der Waals surface area contributed by atoms with Crippen LogP contribution in [0, 0.1) is 10.1 Å². The Hall–Kier alpha value is -3.52. The first-order chi connectivity index (χ1) is 16.9. The third kappa shape index (κ3) is 4.23. The van der Waals surface area contributed by atoms with Crippen molar-refractivity contribution in [3.63, 3.8) is 0 Å². The van der Waals surface area contributed by atoms with Gasteiger partial charge in [0.2, 0.25) is 0 Å². The zero-order valence-electron chi connectivity index (χ0n) is 18.7. The fourth-order valence-corrected chi connectivity index (χ4v) is 4.89. The number of ether oxygens (including phenoxy) is 1.